The number of aromatic hydroxyl groups is 1. The molecule has 1 saturated carbocycles. The van der Waals surface area contributed by atoms with E-state index in [-0.39, 0.29) is 24.7 Å². The highest BCUT2D eigenvalue weighted by atomic mass is 16.3. The van der Waals surface area contributed by atoms with Crippen LogP contribution in [0, 0.1) is 5.92 Å². The number of carbonyl (C=O) groups is 4. The van der Waals surface area contributed by atoms with Gasteiger partial charge in [-0.05, 0) is 121 Å². The zero-order valence-corrected chi connectivity index (χ0v) is 32.2. The van der Waals surface area contributed by atoms with Crippen molar-refractivity contribution in [2.45, 2.75) is 94.4 Å². The zero-order chi connectivity index (χ0) is 38.8. The average molecular weight is 764 g/mol. The second-order valence-electron chi connectivity index (χ2n) is 17.2. The summed E-state index contributed by atoms with van der Waals surface area (Å²) >= 11 is 0. The Hall–Kier alpha value is -5.32. The molecule has 2 saturated heterocycles. The summed E-state index contributed by atoms with van der Waals surface area (Å²) < 4.78 is 0. The van der Waals surface area contributed by atoms with Crippen LogP contribution in [0.25, 0.3) is 0 Å². The SMILES string of the molecule is O=C1CCC(N2C(=O)c3cc4c(cc3C2=O)CN(C2CCC(NCC3CN(c5ccc([C@@H]6c7ccc(O)cc7CC[C@@H]6c6ccccc6)cc5)C3)CC2)C4)C(=O)N1. The molecule has 0 radical (unpaired) electrons. The first-order valence-corrected chi connectivity index (χ1v) is 20.8. The quantitative estimate of drug-likeness (QED) is 0.187. The molecular weight excluding hydrogens is 715 g/mol. The summed E-state index contributed by atoms with van der Waals surface area (Å²) in [6.07, 6.45) is 6.82. The van der Waals surface area contributed by atoms with Crippen LogP contribution in [0.1, 0.15) is 111 Å². The van der Waals surface area contributed by atoms with E-state index < -0.39 is 23.8 Å². The molecule has 3 atom stereocenters. The van der Waals surface area contributed by atoms with Crippen molar-refractivity contribution < 1.29 is 24.3 Å². The summed E-state index contributed by atoms with van der Waals surface area (Å²) in [4.78, 5) is 56.8. The zero-order valence-electron chi connectivity index (χ0n) is 32.2. The van der Waals surface area contributed by atoms with Crippen LogP contribution in [0.5, 0.6) is 5.75 Å². The van der Waals surface area contributed by atoms with Gasteiger partial charge in [-0.3, -0.25) is 34.3 Å². The number of benzene rings is 4. The number of hydrogen-bond acceptors (Lipinski definition) is 8. The highest BCUT2D eigenvalue weighted by molar-refractivity contribution is 6.23. The normalized spacial score (nSPS) is 26.2. The second kappa shape index (κ2) is 14.6. The van der Waals surface area contributed by atoms with Crippen LogP contribution in [0.3, 0.4) is 0 Å². The smallest absolute Gasteiger partial charge is 0.262 e. The summed E-state index contributed by atoms with van der Waals surface area (Å²) in [7, 11) is 0. The first-order chi connectivity index (χ1) is 27.8. The highest BCUT2D eigenvalue weighted by Crippen LogP contribution is 2.47. The van der Waals surface area contributed by atoms with Crippen molar-refractivity contribution in [1.82, 2.24) is 20.4 Å². The minimum atomic E-state index is -0.941. The Morgan fingerprint density at radius 3 is 2.09 bits per heavy atom. The second-order valence-corrected chi connectivity index (χ2v) is 17.2. The van der Waals surface area contributed by atoms with Gasteiger partial charge in [-0.2, -0.15) is 0 Å². The maximum Gasteiger partial charge on any atom is 0.262 e. The summed E-state index contributed by atoms with van der Waals surface area (Å²) in [5.74, 6) is -0.194. The van der Waals surface area contributed by atoms with Crippen LogP contribution in [0.4, 0.5) is 5.69 Å². The fourth-order valence-electron chi connectivity index (χ4n) is 10.7. The van der Waals surface area contributed by atoms with Crippen LogP contribution >= 0.6 is 0 Å². The molecule has 10 heteroatoms. The Kier molecular flexibility index (Phi) is 9.21. The summed E-state index contributed by atoms with van der Waals surface area (Å²) in [6.45, 7) is 4.68. The molecule has 4 aromatic rings. The van der Waals surface area contributed by atoms with E-state index in [0.29, 0.717) is 40.8 Å². The first kappa shape index (κ1) is 36.0. The van der Waals surface area contributed by atoms with Gasteiger partial charge in [0.25, 0.3) is 11.8 Å². The largest absolute Gasteiger partial charge is 0.508 e. The van der Waals surface area contributed by atoms with E-state index in [1.807, 2.05) is 24.3 Å². The van der Waals surface area contributed by atoms with E-state index in [0.717, 1.165) is 87.3 Å². The molecule has 10 nitrogen and oxygen atoms in total. The Balaban J connectivity index is 0.701. The van der Waals surface area contributed by atoms with Crippen molar-refractivity contribution in [3.05, 3.63) is 129 Å². The maximum atomic E-state index is 13.3. The number of rotatable bonds is 8. The number of anilines is 1. The fraction of sp³-hybridized carbons (Fsp3) is 0.404. The molecule has 3 N–H and O–H groups in total. The molecule has 10 rings (SSSR count). The number of nitrogens with zero attached hydrogens (tertiary/aromatic N) is 3. The van der Waals surface area contributed by atoms with Crippen LogP contribution < -0.4 is 15.5 Å². The van der Waals surface area contributed by atoms with E-state index in [1.165, 1.54) is 27.9 Å². The lowest BCUT2D eigenvalue weighted by atomic mass is 9.69. The number of fused-ring (bicyclic) bond motifs is 3. The lowest BCUT2D eigenvalue weighted by Crippen LogP contribution is -2.54. The molecule has 292 valence electrons. The van der Waals surface area contributed by atoms with Crippen LogP contribution in [0.2, 0.25) is 0 Å². The number of piperidine rings is 1. The number of phenols is 1. The molecule has 4 aliphatic heterocycles. The fourth-order valence-corrected chi connectivity index (χ4v) is 10.7. The van der Waals surface area contributed by atoms with Gasteiger partial charge in [0.2, 0.25) is 11.8 Å². The molecule has 2 aliphatic carbocycles. The summed E-state index contributed by atoms with van der Waals surface area (Å²) in [5.41, 5.74) is 9.49. The molecule has 57 heavy (non-hydrogen) atoms. The lowest BCUT2D eigenvalue weighted by Gasteiger charge is -2.43. The predicted molar refractivity (Wildman–Crippen MR) is 216 cm³/mol. The number of hydrogen-bond donors (Lipinski definition) is 3. The van der Waals surface area contributed by atoms with Crippen molar-refractivity contribution in [1.29, 1.82) is 0 Å². The number of amides is 4. The number of carbonyl (C=O) groups excluding carboxylic acids is 4. The van der Waals surface area contributed by atoms with Gasteiger partial charge in [-0.1, -0.05) is 48.5 Å². The van der Waals surface area contributed by atoms with E-state index in [2.05, 4.69) is 81.1 Å². The standard InChI is InChI=1S/C47H49N5O5/c53-37-15-17-39-31(20-37)8-16-38(29-4-2-1-3-5-29)44(39)30-6-11-35(12-7-30)50-24-28(25-50)23-48-34-9-13-36(14-10-34)51-26-32-21-40-41(22-33(32)27-51)47(57)52(46(40)56)42-18-19-43(54)49-45(42)55/h1-7,11-12,15,17,20-22,28,34,36,38,42,44,48,53H,8-10,13-14,16,18-19,23-27H2,(H,49,54,55)/t34?,36?,38-,42?,44+/m1/s1. The van der Waals surface area contributed by atoms with Crippen LogP contribution in [-0.2, 0) is 29.1 Å². The minimum Gasteiger partial charge on any atom is -0.508 e. The third-order valence-electron chi connectivity index (χ3n) is 13.8. The van der Waals surface area contributed by atoms with Crippen molar-refractivity contribution in [2.75, 3.05) is 24.5 Å². The topological polar surface area (TPSA) is 122 Å². The Labute approximate surface area is 333 Å². The van der Waals surface area contributed by atoms with Crippen molar-refractivity contribution in [3.8, 4) is 5.75 Å². The third kappa shape index (κ3) is 6.62. The lowest BCUT2D eigenvalue weighted by molar-refractivity contribution is -0.136. The molecular formula is C47H49N5O5. The average Bonchev–Trinajstić information content (AvgIpc) is 3.74. The maximum absolute atomic E-state index is 13.3. The first-order valence-electron chi connectivity index (χ1n) is 20.8. The predicted octanol–water partition coefficient (Wildman–Crippen LogP) is 6.01. The molecule has 3 fully saturated rings. The Bertz CT molecular complexity index is 2200. The Morgan fingerprint density at radius 1 is 0.702 bits per heavy atom. The van der Waals surface area contributed by atoms with Crippen molar-refractivity contribution >= 4 is 29.3 Å². The summed E-state index contributed by atoms with van der Waals surface area (Å²) in [5, 5.41) is 16.4. The van der Waals surface area contributed by atoms with Gasteiger partial charge in [0, 0.05) is 68.8 Å². The van der Waals surface area contributed by atoms with Crippen LogP contribution in [-0.4, -0.2) is 76.3 Å². The number of nitrogens with one attached hydrogen (secondary N) is 2. The Morgan fingerprint density at radius 2 is 1.40 bits per heavy atom. The molecule has 0 bridgehead atoms. The molecule has 4 heterocycles. The van der Waals surface area contributed by atoms with E-state index >= 15 is 0 Å². The van der Waals surface area contributed by atoms with Gasteiger partial charge in [0.1, 0.15) is 11.8 Å². The molecule has 4 aromatic carbocycles. The highest BCUT2D eigenvalue weighted by Gasteiger charge is 2.46. The van der Waals surface area contributed by atoms with Crippen LogP contribution in [0.15, 0.2) is 84.9 Å². The van der Waals surface area contributed by atoms with E-state index in [1.54, 1.807) is 0 Å². The van der Waals surface area contributed by atoms with Gasteiger partial charge in [0.15, 0.2) is 0 Å². The van der Waals surface area contributed by atoms with Gasteiger partial charge in [0.05, 0.1) is 11.1 Å². The molecule has 1 unspecified atom stereocenters. The minimum absolute atomic E-state index is 0.115. The molecule has 4 amide bonds. The molecule has 0 spiro atoms. The number of aryl methyl sites for hydroxylation is 1. The molecule has 0 aromatic heterocycles. The van der Waals surface area contributed by atoms with Gasteiger partial charge >= 0.3 is 0 Å². The van der Waals surface area contributed by atoms with E-state index in [4.69, 9.17) is 0 Å². The van der Waals surface area contributed by atoms with Gasteiger partial charge in [-0.15, -0.1) is 0 Å². The van der Waals surface area contributed by atoms with Gasteiger partial charge in [-0.25, -0.2) is 0 Å². The number of imide groups is 2. The van der Waals surface area contributed by atoms with Gasteiger partial charge < -0.3 is 15.3 Å². The number of phenolic OH excluding ortho intramolecular Hbond substituents is 1. The van der Waals surface area contributed by atoms with E-state index in [9.17, 15) is 24.3 Å². The van der Waals surface area contributed by atoms with Crippen molar-refractivity contribution in [3.63, 3.8) is 0 Å². The summed E-state index contributed by atoms with van der Waals surface area (Å²) in [6, 6.07) is 29.8. The molecule has 6 aliphatic rings. The monoisotopic (exact) mass is 763 g/mol. The van der Waals surface area contributed by atoms with Crippen molar-refractivity contribution in [2.24, 2.45) is 5.92 Å². The third-order valence-corrected chi connectivity index (χ3v) is 13.8.